The van der Waals surface area contributed by atoms with Crippen LogP contribution < -0.4 is 14.8 Å². The Hall–Kier alpha value is -2.73. The summed E-state index contributed by atoms with van der Waals surface area (Å²) in [6.45, 7) is 0.897. The minimum absolute atomic E-state index is 0.00975. The van der Waals surface area contributed by atoms with Gasteiger partial charge >= 0.3 is 0 Å². The second kappa shape index (κ2) is 10.6. The number of rotatable bonds is 9. The molecule has 6 nitrogen and oxygen atoms in total. The first kappa shape index (κ1) is 21.6. The molecule has 0 spiro atoms. The summed E-state index contributed by atoms with van der Waals surface area (Å²) < 4.78 is 10.5. The largest absolute Gasteiger partial charge is 0.493 e. The number of carbonyl (C=O) groups is 2. The van der Waals surface area contributed by atoms with Crippen molar-refractivity contribution in [2.24, 2.45) is 0 Å². The topological polar surface area (TPSA) is 67.9 Å². The van der Waals surface area contributed by atoms with Gasteiger partial charge in [0.15, 0.2) is 11.5 Å². The third kappa shape index (κ3) is 6.16. The van der Waals surface area contributed by atoms with Crippen LogP contribution >= 0.6 is 11.6 Å². The van der Waals surface area contributed by atoms with Crippen molar-refractivity contribution in [3.05, 3.63) is 58.6 Å². The molecular weight excluding hydrogens is 380 g/mol. The number of benzene rings is 2. The van der Waals surface area contributed by atoms with Crippen LogP contribution in [0.4, 0.5) is 0 Å². The predicted octanol–water partition coefficient (Wildman–Crippen LogP) is 3.53. The number of methoxy groups -OCH3 is 2. The summed E-state index contributed by atoms with van der Waals surface area (Å²) >= 11 is 5.81. The van der Waals surface area contributed by atoms with Crippen molar-refractivity contribution in [1.29, 1.82) is 0 Å². The minimum atomic E-state index is -0.178. The number of nitrogens with zero attached hydrogens (tertiary/aromatic N) is 1. The molecule has 2 aromatic carbocycles. The number of hydrogen-bond acceptors (Lipinski definition) is 4. The molecule has 7 heteroatoms. The van der Waals surface area contributed by atoms with Crippen molar-refractivity contribution in [3.63, 3.8) is 0 Å². The van der Waals surface area contributed by atoms with E-state index in [1.165, 1.54) is 0 Å². The molecule has 0 saturated carbocycles. The molecule has 0 aliphatic heterocycles. The van der Waals surface area contributed by atoms with E-state index in [1.54, 1.807) is 50.4 Å². The molecule has 2 rings (SSSR count). The van der Waals surface area contributed by atoms with Gasteiger partial charge in [0.2, 0.25) is 5.91 Å². The van der Waals surface area contributed by atoms with E-state index in [0.29, 0.717) is 48.0 Å². The molecule has 0 aliphatic carbocycles. The maximum Gasteiger partial charge on any atom is 0.251 e. The fraction of sp³-hybridized carbons (Fsp3) is 0.333. The minimum Gasteiger partial charge on any atom is -0.493 e. The first-order chi connectivity index (χ1) is 13.4. The van der Waals surface area contributed by atoms with Crippen molar-refractivity contribution in [2.75, 3.05) is 27.8 Å². The Morgan fingerprint density at radius 3 is 2.36 bits per heavy atom. The highest BCUT2D eigenvalue weighted by Crippen LogP contribution is 2.28. The number of nitrogens with one attached hydrogen (secondary N) is 1. The Morgan fingerprint density at radius 2 is 1.71 bits per heavy atom. The normalized spacial score (nSPS) is 10.3. The van der Waals surface area contributed by atoms with Gasteiger partial charge in [-0.1, -0.05) is 17.7 Å². The lowest BCUT2D eigenvalue weighted by Crippen LogP contribution is -2.28. The highest BCUT2D eigenvalue weighted by Gasteiger charge is 2.12. The average molecular weight is 405 g/mol. The zero-order chi connectivity index (χ0) is 20.5. The smallest absolute Gasteiger partial charge is 0.251 e. The molecule has 2 amide bonds. The van der Waals surface area contributed by atoms with Gasteiger partial charge in [-0.15, -0.1) is 0 Å². The van der Waals surface area contributed by atoms with E-state index < -0.39 is 0 Å². The maximum absolute atomic E-state index is 12.3. The number of amides is 2. The molecule has 0 unspecified atom stereocenters. The Morgan fingerprint density at radius 1 is 1.04 bits per heavy atom. The highest BCUT2D eigenvalue weighted by molar-refractivity contribution is 6.30. The van der Waals surface area contributed by atoms with Crippen LogP contribution in [-0.4, -0.2) is 44.5 Å². The van der Waals surface area contributed by atoms with Gasteiger partial charge in [0.1, 0.15) is 0 Å². The summed E-state index contributed by atoms with van der Waals surface area (Å²) in [6, 6.07) is 12.2. The van der Waals surface area contributed by atoms with Gasteiger partial charge in [-0.25, -0.2) is 0 Å². The monoisotopic (exact) mass is 404 g/mol. The fourth-order valence-electron chi connectivity index (χ4n) is 2.68. The van der Waals surface area contributed by atoms with Crippen molar-refractivity contribution < 1.29 is 19.1 Å². The Kier molecular flexibility index (Phi) is 8.14. The van der Waals surface area contributed by atoms with Gasteiger partial charge in [-0.3, -0.25) is 9.59 Å². The lowest BCUT2D eigenvalue weighted by molar-refractivity contribution is -0.130. The summed E-state index contributed by atoms with van der Waals surface area (Å²) in [5, 5.41) is 3.39. The summed E-state index contributed by atoms with van der Waals surface area (Å²) in [7, 11) is 4.92. The molecule has 1 N–H and O–H groups in total. The van der Waals surface area contributed by atoms with Crippen molar-refractivity contribution in [2.45, 2.75) is 19.4 Å². The molecule has 2 aromatic rings. The third-order valence-electron chi connectivity index (χ3n) is 4.25. The standard InChI is InChI=1S/C21H25ClN2O4/c1-24(14-15-6-11-18(27-2)19(13-15)28-3)20(25)5-4-12-23-21(26)16-7-9-17(22)10-8-16/h6-11,13H,4-5,12,14H2,1-3H3,(H,23,26). The molecule has 150 valence electrons. The average Bonchev–Trinajstić information content (AvgIpc) is 2.71. The molecule has 28 heavy (non-hydrogen) atoms. The van der Waals surface area contributed by atoms with Gasteiger partial charge in [0.25, 0.3) is 5.91 Å². The number of halogens is 1. The van der Waals surface area contributed by atoms with Gasteiger partial charge in [0.05, 0.1) is 14.2 Å². The number of carbonyl (C=O) groups excluding carboxylic acids is 2. The van der Waals surface area contributed by atoms with Crippen LogP contribution in [0.15, 0.2) is 42.5 Å². The van der Waals surface area contributed by atoms with Crippen LogP contribution in [0.5, 0.6) is 11.5 Å². The van der Waals surface area contributed by atoms with Gasteiger partial charge in [-0.05, 0) is 48.4 Å². The molecule has 0 saturated heterocycles. The van der Waals surface area contributed by atoms with Gasteiger partial charge < -0.3 is 19.7 Å². The zero-order valence-corrected chi connectivity index (χ0v) is 17.1. The molecule has 0 bridgehead atoms. The second-order valence-electron chi connectivity index (χ2n) is 6.31. The molecular formula is C21H25ClN2O4. The molecule has 0 aliphatic rings. The Bertz CT molecular complexity index is 809. The number of hydrogen-bond donors (Lipinski definition) is 1. The predicted molar refractivity (Wildman–Crippen MR) is 109 cm³/mol. The SMILES string of the molecule is COc1ccc(CN(C)C(=O)CCCNC(=O)c2ccc(Cl)cc2)cc1OC. The molecule has 0 aromatic heterocycles. The van der Waals surface area contributed by atoms with E-state index in [9.17, 15) is 9.59 Å². The first-order valence-electron chi connectivity index (χ1n) is 8.93. The van der Waals surface area contributed by atoms with E-state index in [4.69, 9.17) is 21.1 Å². The lowest BCUT2D eigenvalue weighted by atomic mass is 10.1. The van der Waals surface area contributed by atoms with E-state index in [-0.39, 0.29) is 11.8 Å². The van der Waals surface area contributed by atoms with Gasteiger partial charge in [0, 0.05) is 37.1 Å². The van der Waals surface area contributed by atoms with Crippen LogP contribution in [0, 0.1) is 0 Å². The lowest BCUT2D eigenvalue weighted by Gasteiger charge is -2.18. The van der Waals surface area contributed by atoms with Crippen LogP contribution in [0.1, 0.15) is 28.8 Å². The van der Waals surface area contributed by atoms with Crippen molar-refractivity contribution in [1.82, 2.24) is 10.2 Å². The summed E-state index contributed by atoms with van der Waals surface area (Å²) in [5.74, 6) is 1.11. The zero-order valence-electron chi connectivity index (χ0n) is 16.3. The van der Waals surface area contributed by atoms with E-state index >= 15 is 0 Å². The van der Waals surface area contributed by atoms with Gasteiger partial charge in [-0.2, -0.15) is 0 Å². The van der Waals surface area contributed by atoms with Crippen LogP contribution in [0.25, 0.3) is 0 Å². The highest BCUT2D eigenvalue weighted by atomic mass is 35.5. The number of ether oxygens (including phenoxy) is 2. The van der Waals surface area contributed by atoms with E-state index in [1.807, 2.05) is 18.2 Å². The van der Waals surface area contributed by atoms with Crippen LogP contribution in [-0.2, 0) is 11.3 Å². The molecule has 0 radical (unpaired) electrons. The second-order valence-corrected chi connectivity index (χ2v) is 6.74. The van der Waals surface area contributed by atoms with Crippen molar-refractivity contribution in [3.8, 4) is 11.5 Å². The summed E-state index contributed by atoms with van der Waals surface area (Å²) in [4.78, 5) is 26.0. The fourth-order valence-corrected chi connectivity index (χ4v) is 2.80. The summed E-state index contributed by atoms with van der Waals surface area (Å²) in [6.07, 6.45) is 0.916. The van der Waals surface area contributed by atoms with E-state index in [0.717, 1.165) is 5.56 Å². The summed E-state index contributed by atoms with van der Waals surface area (Å²) in [5.41, 5.74) is 1.49. The van der Waals surface area contributed by atoms with E-state index in [2.05, 4.69) is 5.32 Å². The quantitative estimate of drug-likeness (QED) is 0.649. The maximum atomic E-state index is 12.3. The molecule has 0 atom stereocenters. The Balaban J connectivity index is 1.76. The molecule has 0 heterocycles. The third-order valence-corrected chi connectivity index (χ3v) is 4.50. The van der Waals surface area contributed by atoms with Crippen LogP contribution in [0.2, 0.25) is 5.02 Å². The molecule has 0 fully saturated rings. The Labute approximate surface area is 170 Å². The first-order valence-corrected chi connectivity index (χ1v) is 9.31. The van der Waals surface area contributed by atoms with Crippen molar-refractivity contribution >= 4 is 23.4 Å². The van der Waals surface area contributed by atoms with Crippen LogP contribution in [0.3, 0.4) is 0 Å².